The summed E-state index contributed by atoms with van der Waals surface area (Å²) < 4.78 is 0. The molecule has 1 atom stereocenters. The molecule has 0 aliphatic carbocycles. The van der Waals surface area contributed by atoms with Crippen LogP contribution in [0.15, 0.2) is 16.9 Å². The van der Waals surface area contributed by atoms with E-state index in [1.807, 2.05) is 20.9 Å². The Hall–Kier alpha value is -1.09. The summed E-state index contributed by atoms with van der Waals surface area (Å²) in [5.41, 5.74) is 1.89. The Morgan fingerprint density at radius 2 is 2.17 bits per heavy atom. The topological polar surface area (TPSA) is 44.9 Å². The van der Waals surface area contributed by atoms with Crippen molar-refractivity contribution in [3.05, 3.63) is 33.7 Å². The lowest BCUT2D eigenvalue weighted by Gasteiger charge is -2.10. The Balaban J connectivity index is 3.08. The van der Waals surface area contributed by atoms with Gasteiger partial charge in [-0.1, -0.05) is 0 Å². The van der Waals surface area contributed by atoms with Crippen molar-refractivity contribution in [3.8, 4) is 0 Å². The van der Waals surface area contributed by atoms with Crippen molar-refractivity contribution in [1.29, 1.82) is 0 Å². The molecule has 66 valence electrons. The molecule has 1 aromatic heterocycles. The fraction of sp³-hybridized carbons (Fsp3) is 0.444. The van der Waals surface area contributed by atoms with Gasteiger partial charge in [-0.2, -0.15) is 0 Å². The van der Waals surface area contributed by atoms with Crippen LogP contribution in [0, 0.1) is 6.92 Å². The largest absolute Gasteiger partial charge is 0.361 e. The lowest BCUT2D eigenvalue weighted by atomic mass is 10.2. The molecule has 1 rings (SSSR count). The van der Waals surface area contributed by atoms with Crippen LogP contribution in [-0.2, 0) is 0 Å². The van der Waals surface area contributed by atoms with E-state index < -0.39 is 0 Å². The standard InChI is InChI=1S/C9H14N2O/c1-6-4-8(12)5-9(11-6)7(2)10-3/h4-5,7,10H,1-3H3,(H,11,12). The predicted octanol–water partition coefficient (Wildman–Crippen LogP) is 0.964. The summed E-state index contributed by atoms with van der Waals surface area (Å²) in [4.78, 5) is 14.2. The van der Waals surface area contributed by atoms with Crippen LogP contribution in [0.25, 0.3) is 0 Å². The second-order valence-corrected chi connectivity index (χ2v) is 2.96. The van der Waals surface area contributed by atoms with Gasteiger partial charge in [0.15, 0.2) is 5.43 Å². The lowest BCUT2D eigenvalue weighted by molar-refractivity contribution is 0.630. The minimum Gasteiger partial charge on any atom is -0.361 e. The third kappa shape index (κ3) is 1.95. The highest BCUT2D eigenvalue weighted by Crippen LogP contribution is 2.05. The number of H-pyrrole nitrogens is 1. The summed E-state index contributed by atoms with van der Waals surface area (Å²) in [6, 6.07) is 3.40. The van der Waals surface area contributed by atoms with Crippen molar-refractivity contribution in [2.24, 2.45) is 0 Å². The highest BCUT2D eigenvalue weighted by Gasteiger charge is 2.02. The van der Waals surface area contributed by atoms with Crippen LogP contribution >= 0.6 is 0 Å². The van der Waals surface area contributed by atoms with Crippen LogP contribution in [0.2, 0.25) is 0 Å². The maximum Gasteiger partial charge on any atom is 0.182 e. The molecule has 0 aliphatic heterocycles. The molecule has 1 heterocycles. The summed E-state index contributed by atoms with van der Waals surface area (Å²) in [6.45, 7) is 3.89. The number of aromatic nitrogens is 1. The molecule has 1 aromatic rings. The Labute approximate surface area is 71.8 Å². The zero-order valence-corrected chi connectivity index (χ0v) is 7.64. The van der Waals surface area contributed by atoms with E-state index >= 15 is 0 Å². The smallest absolute Gasteiger partial charge is 0.182 e. The zero-order valence-electron chi connectivity index (χ0n) is 7.64. The van der Waals surface area contributed by atoms with Crippen LogP contribution in [0.1, 0.15) is 24.4 Å². The highest BCUT2D eigenvalue weighted by atomic mass is 16.1. The molecule has 3 nitrogen and oxygen atoms in total. The number of aromatic amines is 1. The minimum absolute atomic E-state index is 0.0587. The van der Waals surface area contributed by atoms with Crippen molar-refractivity contribution < 1.29 is 0 Å². The summed E-state index contributed by atoms with van der Waals surface area (Å²) in [5, 5.41) is 3.07. The van der Waals surface area contributed by atoms with Gasteiger partial charge in [-0.25, -0.2) is 0 Å². The molecule has 0 bridgehead atoms. The van der Waals surface area contributed by atoms with E-state index in [1.165, 1.54) is 0 Å². The molecular weight excluding hydrogens is 152 g/mol. The van der Waals surface area contributed by atoms with Crippen LogP contribution in [0.4, 0.5) is 0 Å². The van der Waals surface area contributed by atoms with Gasteiger partial charge in [0, 0.05) is 29.6 Å². The van der Waals surface area contributed by atoms with Gasteiger partial charge < -0.3 is 10.3 Å². The van der Waals surface area contributed by atoms with Crippen molar-refractivity contribution in [3.63, 3.8) is 0 Å². The number of rotatable bonds is 2. The van der Waals surface area contributed by atoms with Crippen LogP contribution in [-0.4, -0.2) is 12.0 Å². The Kier molecular flexibility index (Phi) is 2.65. The van der Waals surface area contributed by atoms with Crippen LogP contribution in [0.5, 0.6) is 0 Å². The predicted molar refractivity (Wildman–Crippen MR) is 49.3 cm³/mol. The fourth-order valence-electron chi connectivity index (χ4n) is 1.10. The molecule has 0 saturated carbocycles. The van der Waals surface area contributed by atoms with Gasteiger partial charge in [0.1, 0.15) is 0 Å². The molecule has 0 spiro atoms. The summed E-state index contributed by atoms with van der Waals surface area (Å²) >= 11 is 0. The van der Waals surface area contributed by atoms with E-state index in [4.69, 9.17) is 0 Å². The van der Waals surface area contributed by atoms with E-state index in [9.17, 15) is 4.79 Å². The highest BCUT2D eigenvalue weighted by molar-refractivity contribution is 5.12. The zero-order chi connectivity index (χ0) is 9.14. The average molecular weight is 166 g/mol. The van der Waals surface area contributed by atoms with Crippen molar-refractivity contribution in [1.82, 2.24) is 10.3 Å². The van der Waals surface area contributed by atoms with E-state index in [-0.39, 0.29) is 11.5 Å². The first-order valence-electron chi connectivity index (χ1n) is 4.01. The summed E-state index contributed by atoms with van der Waals surface area (Å²) in [6.07, 6.45) is 0. The van der Waals surface area contributed by atoms with Crippen molar-refractivity contribution in [2.45, 2.75) is 19.9 Å². The molecule has 0 saturated heterocycles. The number of pyridine rings is 1. The molecule has 0 radical (unpaired) electrons. The van der Waals surface area contributed by atoms with E-state index in [1.54, 1.807) is 12.1 Å². The Bertz CT molecular complexity index is 317. The molecule has 12 heavy (non-hydrogen) atoms. The van der Waals surface area contributed by atoms with E-state index in [2.05, 4.69) is 10.3 Å². The summed E-state index contributed by atoms with van der Waals surface area (Å²) in [5.74, 6) is 0. The third-order valence-electron chi connectivity index (χ3n) is 1.90. The third-order valence-corrected chi connectivity index (χ3v) is 1.90. The molecule has 3 heteroatoms. The molecule has 0 aromatic carbocycles. The van der Waals surface area contributed by atoms with Crippen LogP contribution < -0.4 is 10.7 Å². The lowest BCUT2D eigenvalue weighted by Crippen LogP contribution is -2.16. The van der Waals surface area contributed by atoms with Crippen molar-refractivity contribution >= 4 is 0 Å². The van der Waals surface area contributed by atoms with E-state index in [0.29, 0.717) is 0 Å². The second kappa shape index (κ2) is 3.54. The first-order chi connectivity index (χ1) is 5.63. The molecular formula is C9H14N2O. The van der Waals surface area contributed by atoms with Crippen molar-refractivity contribution in [2.75, 3.05) is 7.05 Å². The first kappa shape index (κ1) is 9.00. The Morgan fingerprint density at radius 3 is 2.67 bits per heavy atom. The normalized spacial score (nSPS) is 12.9. The van der Waals surface area contributed by atoms with E-state index in [0.717, 1.165) is 11.4 Å². The quantitative estimate of drug-likeness (QED) is 0.687. The minimum atomic E-state index is 0.0587. The maximum absolute atomic E-state index is 11.1. The van der Waals surface area contributed by atoms with Gasteiger partial charge in [0.05, 0.1) is 0 Å². The maximum atomic E-state index is 11.1. The molecule has 2 N–H and O–H groups in total. The number of hydrogen-bond acceptors (Lipinski definition) is 2. The van der Waals surface area contributed by atoms with Gasteiger partial charge in [-0.15, -0.1) is 0 Å². The van der Waals surface area contributed by atoms with Gasteiger partial charge in [0.25, 0.3) is 0 Å². The molecule has 1 unspecified atom stereocenters. The fourth-order valence-corrected chi connectivity index (χ4v) is 1.10. The first-order valence-corrected chi connectivity index (χ1v) is 4.01. The molecule has 0 aliphatic rings. The number of aryl methyl sites for hydroxylation is 1. The SMILES string of the molecule is CNC(C)c1cc(=O)cc(C)[nH]1. The van der Waals surface area contributed by atoms with Crippen LogP contribution in [0.3, 0.4) is 0 Å². The molecule has 0 fully saturated rings. The van der Waals surface area contributed by atoms with Gasteiger partial charge in [-0.05, 0) is 20.9 Å². The Morgan fingerprint density at radius 1 is 1.50 bits per heavy atom. The molecule has 0 amide bonds. The number of nitrogens with one attached hydrogen (secondary N) is 2. The monoisotopic (exact) mass is 166 g/mol. The number of hydrogen-bond donors (Lipinski definition) is 2. The van der Waals surface area contributed by atoms with Gasteiger partial charge in [-0.3, -0.25) is 4.79 Å². The summed E-state index contributed by atoms with van der Waals surface area (Å²) in [7, 11) is 1.87. The van der Waals surface area contributed by atoms with Gasteiger partial charge >= 0.3 is 0 Å². The van der Waals surface area contributed by atoms with Gasteiger partial charge in [0.2, 0.25) is 0 Å². The second-order valence-electron chi connectivity index (χ2n) is 2.96. The average Bonchev–Trinajstić information content (AvgIpc) is 2.01.